The van der Waals surface area contributed by atoms with Gasteiger partial charge in [-0.2, -0.15) is 0 Å². The number of hydrogen-bond donors (Lipinski definition) is 2. The average Bonchev–Trinajstić information content (AvgIpc) is 2.24. The molecule has 0 saturated heterocycles. The monoisotopic (exact) mass is 238 g/mol. The van der Waals surface area contributed by atoms with Crippen molar-refractivity contribution in [2.75, 3.05) is 11.9 Å². The average molecular weight is 238 g/mol. The molecular weight excluding hydrogens is 219 g/mol. The lowest BCUT2D eigenvalue weighted by molar-refractivity contribution is -0.120. The Morgan fingerprint density at radius 3 is 2.59 bits per heavy atom. The minimum absolute atomic E-state index is 0.132. The molecule has 1 aromatic carbocycles. The fraction of sp³-hybridized carbons (Fsp3) is 0.462. The van der Waals surface area contributed by atoms with Crippen molar-refractivity contribution in [3.8, 4) is 0 Å². The second-order valence-corrected chi connectivity index (χ2v) is 4.51. The number of para-hydroxylation sites is 1. The number of anilines is 1. The van der Waals surface area contributed by atoms with Crippen molar-refractivity contribution in [2.45, 2.75) is 20.8 Å². The van der Waals surface area contributed by atoms with Gasteiger partial charge in [-0.15, -0.1) is 0 Å². The second-order valence-electron chi connectivity index (χ2n) is 4.51. The predicted octanol–water partition coefficient (Wildman–Crippen LogP) is 2.30. The fourth-order valence-electron chi connectivity index (χ4n) is 1.69. The molecule has 0 aromatic heterocycles. The van der Waals surface area contributed by atoms with Crippen LogP contribution in [0.1, 0.15) is 19.4 Å². The molecule has 17 heavy (non-hydrogen) atoms. The Hall–Kier alpha value is -1.42. The van der Waals surface area contributed by atoms with Gasteiger partial charge in [0, 0.05) is 6.54 Å². The number of carbonyl (C=O) groups excluding carboxylic acids is 1. The number of amides is 1. The maximum absolute atomic E-state index is 13.5. The summed E-state index contributed by atoms with van der Waals surface area (Å²) in [6.07, 6.45) is 0. The predicted molar refractivity (Wildman–Crippen MR) is 67.1 cm³/mol. The Bertz CT molecular complexity index is 384. The quantitative estimate of drug-likeness (QED) is 0.845. The Labute approximate surface area is 101 Å². The first kappa shape index (κ1) is 13.6. The van der Waals surface area contributed by atoms with Crippen molar-refractivity contribution < 1.29 is 9.18 Å². The summed E-state index contributed by atoms with van der Waals surface area (Å²) in [5.41, 5.74) is 6.50. The molecule has 3 N–H and O–H groups in total. The van der Waals surface area contributed by atoms with E-state index in [-0.39, 0.29) is 30.0 Å². The van der Waals surface area contributed by atoms with E-state index in [1.54, 1.807) is 19.1 Å². The standard InChI is InChI=1S/C13H19FN2O/c1-8(2)10(7-15)13(17)16-12-9(3)5-4-6-11(12)14/h4-6,8,10H,7,15H2,1-3H3,(H,16,17). The van der Waals surface area contributed by atoms with Crippen LogP contribution in [-0.2, 0) is 4.79 Å². The summed E-state index contributed by atoms with van der Waals surface area (Å²) < 4.78 is 13.5. The van der Waals surface area contributed by atoms with Crippen molar-refractivity contribution in [3.05, 3.63) is 29.6 Å². The molecule has 0 fully saturated rings. The first-order valence-corrected chi connectivity index (χ1v) is 5.73. The van der Waals surface area contributed by atoms with E-state index in [1.807, 2.05) is 13.8 Å². The molecule has 1 amide bonds. The smallest absolute Gasteiger partial charge is 0.229 e. The number of hydrogen-bond acceptors (Lipinski definition) is 2. The van der Waals surface area contributed by atoms with Gasteiger partial charge in [-0.25, -0.2) is 4.39 Å². The number of nitrogens with two attached hydrogens (primary N) is 1. The molecule has 0 spiro atoms. The summed E-state index contributed by atoms with van der Waals surface area (Å²) in [6.45, 7) is 5.86. The highest BCUT2D eigenvalue weighted by Crippen LogP contribution is 2.20. The van der Waals surface area contributed by atoms with Crippen LogP contribution in [0, 0.1) is 24.6 Å². The maximum atomic E-state index is 13.5. The third-order valence-corrected chi connectivity index (χ3v) is 2.87. The van der Waals surface area contributed by atoms with Gasteiger partial charge in [0.25, 0.3) is 0 Å². The van der Waals surface area contributed by atoms with Gasteiger partial charge in [-0.3, -0.25) is 4.79 Å². The lowest BCUT2D eigenvalue weighted by Crippen LogP contribution is -2.33. The summed E-state index contributed by atoms with van der Waals surface area (Å²) in [5.74, 6) is -0.810. The summed E-state index contributed by atoms with van der Waals surface area (Å²) in [4.78, 5) is 11.9. The number of carbonyl (C=O) groups is 1. The number of rotatable bonds is 4. The van der Waals surface area contributed by atoms with Gasteiger partial charge in [0.2, 0.25) is 5.91 Å². The van der Waals surface area contributed by atoms with E-state index in [9.17, 15) is 9.18 Å². The molecule has 0 aliphatic heterocycles. The SMILES string of the molecule is Cc1cccc(F)c1NC(=O)C(CN)C(C)C. The lowest BCUT2D eigenvalue weighted by Gasteiger charge is -2.19. The van der Waals surface area contributed by atoms with Gasteiger partial charge in [0.15, 0.2) is 0 Å². The molecule has 1 rings (SSSR count). The van der Waals surface area contributed by atoms with Crippen LogP contribution in [0.2, 0.25) is 0 Å². The minimum atomic E-state index is -0.419. The van der Waals surface area contributed by atoms with Crippen molar-refractivity contribution in [1.82, 2.24) is 0 Å². The van der Waals surface area contributed by atoms with Gasteiger partial charge in [-0.05, 0) is 24.5 Å². The van der Waals surface area contributed by atoms with Crippen LogP contribution in [0.5, 0.6) is 0 Å². The van der Waals surface area contributed by atoms with Crippen LogP contribution in [-0.4, -0.2) is 12.5 Å². The number of nitrogens with one attached hydrogen (secondary N) is 1. The van der Waals surface area contributed by atoms with Gasteiger partial charge in [0.1, 0.15) is 5.82 Å². The van der Waals surface area contributed by atoms with E-state index in [0.717, 1.165) is 0 Å². The van der Waals surface area contributed by atoms with Crippen molar-refractivity contribution in [1.29, 1.82) is 0 Å². The first-order valence-electron chi connectivity index (χ1n) is 5.73. The van der Waals surface area contributed by atoms with Gasteiger partial charge in [0.05, 0.1) is 11.6 Å². The van der Waals surface area contributed by atoms with E-state index in [0.29, 0.717) is 5.56 Å². The summed E-state index contributed by atoms with van der Waals surface area (Å²) >= 11 is 0. The molecule has 0 aliphatic carbocycles. The number of benzene rings is 1. The molecule has 0 heterocycles. The van der Waals surface area contributed by atoms with E-state index >= 15 is 0 Å². The van der Waals surface area contributed by atoms with Gasteiger partial charge in [-0.1, -0.05) is 26.0 Å². The molecule has 1 unspecified atom stereocenters. The lowest BCUT2D eigenvalue weighted by atomic mass is 9.95. The van der Waals surface area contributed by atoms with Crippen LogP contribution in [0.3, 0.4) is 0 Å². The van der Waals surface area contributed by atoms with E-state index in [2.05, 4.69) is 5.32 Å². The molecule has 1 atom stereocenters. The molecule has 0 bridgehead atoms. The maximum Gasteiger partial charge on any atom is 0.229 e. The Morgan fingerprint density at radius 1 is 1.47 bits per heavy atom. The van der Waals surface area contributed by atoms with Crippen molar-refractivity contribution in [3.63, 3.8) is 0 Å². The van der Waals surface area contributed by atoms with Crippen LogP contribution >= 0.6 is 0 Å². The van der Waals surface area contributed by atoms with Crippen LogP contribution in [0.15, 0.2) is 18.2 Å². The Morgan fingerprint density at radius 2 is 2.12 bits per heavy atom. The first-order chi connectivity index (χ1) is 7.97. The third kappa shape index (κ3) is 3.27. The molecule has 3 nitrogen and oxygen atoms in total. The van der Waals surface area contributed by atoms with Crippen molar-refractivity contribution in [2.24, 2.45) is 17.6 Å². The zero-order valence-electron chi connectivity index (χ0n) is 10.5. The highest BCUT2D eigenvalue weighted by molar-refractivity contribution is 5.93. The zero-order chi connectivity index (χ0) is 13.0. The van der Waals surface area contributed by atoms with Crippen LogP contribution in [0.25, 0.3) is 0 Å². The van der Waals surface area contributed by atoms with E-state index < -0.39 is 5.82 Å². The molecular formula is C13H19FN2O. The highest BCUT2D eigenvalue weighted by Gasteiger charge is 2.21. The topological polar surface area (TPSA) is 55.1 Å². The van der Waals surface area contributed by atoms with Crippen molar-refractivity contribution >= 4 is 11.6 Å². The Kier molecular flexibility index (Phi) is 4.63. The summed E-state index contributed by atoms with van der Waals surface area (Å²) in [7, 11) is 0. The Balaban J connectivity index is 2.87. The van der Waals surface area contributed by atoms with Gasteiger partial charge < -0.3 is 11.1 Å². The number of aryl methyl sites for hydroxylation is 1. The highest BCUT2D eigenvalue weighted by atomic mass is 19.1. The molecule has 94 valence electrons. The zero-order valence-corrected chi connectivity index (χ0v) is 10.5. The minimum Gasteiger partial charge on any atom is -0.330 e. The molecule has 0 radical (unpaired) electrons. The third-order valence-electron chi connectivity index (χ3n) is 2.87. The largest absolute Gasteiger partial charge is 0.330 e. The molecule has 0 aliphatic rings. The van der Waals surface area contributed by atoms with Crippen LogP contribution in [0.4, 0.5) is 10.1 Å². The molecule has 4 heteroatoms. The van der Waals surface area contributed by atoms with Gasteiger partial charge >= 0.3 is 0 Å². The summed E-state index contributed by atoms with van der Waals surface area (Å²) in [6, 6.07) is 4.70. The molecule has 0 saturated carbocycles. The van der Waals surface area contributed by atoms with Crippen LogP contribution < -0.4 is 11.1 Å². The van der Waals surface area contributed by atoms with E-state index in [1.165, 1.54) is 6.07 Å². The molecule has 1 aromatic rings. The fourth-order valence-corrected chi connectivity index (χ4v) is 1.69. The normalized spacial score (nSPS) is 12.6. The summed E-state index contributed by atoms with van der Waals surface area (Å²) in [5, 5.41) is 2.62. The number of halogens is 1. The van der Waals surface area contributed by atoms with E-state index in [4.69, 9.17) is 5.73 Å². The second kappa shape index (κ2) is 5.77.